The van der Waals surface area contributed by atoms with E-state index < -0.39 is 41.1 Å². The fourth-order valence-electron chi connectivity index (χ4n) is 6.35. The Balaban J connectivity index is 2.19. The van der Waals surface area contributed by atoms with Crippen LogP contribution in [0.25, 0.3) is 0 Å². The molecule has 0 aromatic rings. The van der Waals surface area contributed by atoms with Gasteiger partial charge in [-0.05, 0) is 46.0 Å². The van der Waals surface area contributed by atoms with E-state index in [0.29, 0.717) is 25.8 Å². The molecule has 8 heteroatoms. The number of carbonyl (C=O) groups is 3. The van der Waals surface area contributed by atoms with Crippen molar-refractivity contribution in [3.63, 3.8) is 0 Å². The monoisotopic (exact) mass is 464 g/mol. The van der Waals surface area contributed by atoms with Gasteiger partial charge in [0.15, 0.2) is 0 Å². The molecule has 0 aromatic carbocycles. The number of ether oxygens (including phenoxy) is 2. The number of rotatable bonds is 10. The van der Waals surface area contributed by atoms with Gasteiger partial charge in [0.05, 0.1) is 30.8 Å². The lowest BCUT2D eigenvalue weighted by molar-refractivity contribution is -0.164. The quantitative estimate of drug-likeness (QED) is 0.393. The Bertz CT molecular complexity index is 798. The van der Waals surface area contributed by atoms with E-state index in [1.54, 1.807) is 17.9 Å². The third-order valence-electron chi connectivity index (χ3n) is 7.94. The summed E-state index contributed by atoms with van der Waals surface area (Å²) >= 11 is 0. The molecule has 0 aromatic heterocycles. The Morgan fingerprint density at radius 3 is 2.45 bits per heavy atom. The molecule has 2 bridgehead atoms. The van der Waals surface area contributed by atoms with Gasteiger partial charge >= 0.3 is 5.97 Å². The zero-order valence-corrected chi connectivity index (χ0v) is 20.9. The van der Waals surface area contributed by atoms with Crippen LogP contribution < -0.4 is 0 Å². The molecule has 1 N–H and O–H groups in total. The number of nitrogens with zero attached hydrogens (tertiary/aromatic N) is 2. The molecule has 3 heterocycles. The van der Waals surface area contributed by atoms with E-state index in [1.165, 1.54) is 4.90 Å². The predicted molar refractivity (Wildman–Crippen MR) is 123 cm³/mol. The minimum atomic E-state index is -1.11. The molecule has 0 aliphatic carbocycles. The first kappa shape index (κ1) is 25.7. The second kappa shape index (κ2) is 9.37. The third-order valence-corrected chi connectivity index (χ3v) is 7.94. The number of likely N-dealkylation sites (tertiary alicyclic amines) is 1. The summed E-state index contributed by atoms with van der Waals surface area (Å²) < 4.78 is 12.1. The maximum Gasteiger partial charge on any atom is 0.312 e. The molecule has 3 aliphatic rings. The number of esters is 1. The largest absolute Gasteiger partial charge is 0.466 e. The highest BCUT2D eigenvalue weighted by Crippen LogP contribution is 2.65. The van der Waals surface area contributed by atoms with Gasteiger partial charge in [0.1, 0.15) is 17.6 Å². The maximum absolute atomic E-state index is 14.1. The molecular formula is C25H40N2O6. The first-order chi connectivity index (χ1) is 15.6. The van der Waals surface area contributed by atoms with Gasteiger partial charge in [-0.1, -0.05) is 26.8 Å². The highest BCUT2D eigenvalue weighted by molar-refractivity contribution is 5.98. The highest BCUT2D eigenvalue weighted by atomic mass is 16.6. The fourth-order valence-corrected chi connectivity index (χ4v) is 6.35. The lowest BCUT2D eigenvalue weighted by Gasteiger charge is -2.41. The SMILES string of the molecule is C=CCN(C(=O)C1N([C@@H](CO)C(C)C)C(=O)[C@@H]2[C@@H](C(=O)OCC)[C@@]3(CC)CCC12O3)C(C)C. The summed E-state index contributed by atoms with van der Waals surface area (Å²) in [7, 11) is 0. The molecule has 186 valence electrons. The average molecular weight is 465 g/mol. The van der Waals surface area contributed by atoms with E-state index in [-0.39, 0.29) is 37.0 Å². The van der Waals surface area contributed by atoms with Gasteiger partial charge in [0, 0.05) is 12.6 Å². The van der Waals surface area contributed by atoms with Crippen molar-refractivity contribution in [3.05, 3.63) is 12.7 Å². The van der Waals surface area contributed by atoms with E-state index in [1.807, 2.05) is 34.6 Å². The van der Waals surface area contributed by atoms with E-state index >= 15 is 0 Å². The number of carbonyl (C=O) groups excluding carboxylic acids is 3. The molecule has 0 saturated carbocycles. The Morgan fingerprint density at radius 2 is 1.97 bits per heavy atom. The fraction of sp³-hybridized carbons (Fsp3) is 0.800. The number of aliphatic hydroxyl groups excluding tert-OH is 1. The smallest absolute Gasteiger partial charge is 0.312 e. The van der Waals surface area contributed by atoms with Gasteiger partial charge in [-0.25, -0.2) is 0 Å². The van der Waals surface area contributed by atoms with Gasteiger partial charge in [-0.15, -0.1) is 6.58 Å². The molecule has 3 aliphatic heterocycles. The Hall–Kier alpha value is -1.93. The summed E-state index contributed by atoms with van der Waals surface area (Å²) in [5.41, 5.74) is -1.93. The van der Waals surface area contributed by atoms with Crippen LogP contribution in [0.3, 0.4) is 0 Å². The molecule has 8 nitrogen and oxygen atoms in total. The van der Waals surface area contributed by atoms with Crippen molar-refractivity contribution in [1.82, 2.24) is 9.80 Å². The molecule has 6 atom stereocenters. The van der Waals surface area contributed by atoms with Gasteiger partial charge in [-0.3, -0.25) is 14.4 Å². The van der Waals surface area contributed by atoms with Crippen LogP contribution >= 0.6 is 0 Å². The van der Waals surface area contributed by atoms with Crippen LogP contribution in [0, 0.1) is 17.8 Å². The average Bonchev–Trinajstić information content (AvgIpc) is 3.36. The standard InChI is InChI=1S/C25H40N2O6/c1-8-13-26(16(6)7)22(30)20-25-12-11-24(9-2,33-25)19(23(31)32-10-3)18(25)21(29)27(20)17(14-28)15(4)5/h8,15-20,28H,1,9-14H2,2-7H3/t17-,18-,19-,20?,24+,25?/m0/s1. The summed E-state index contributed by atoms with van der Waals surface area (Å²) in [6.07, 6.45) is 3.32. The van der Waals surface area contributed by atoms with Crippen molar-refractivity contribution in [2.24, 2.45) is 17.8 Å². The van der Waals surface area contributed by atoms with Crippen LogP contribution in [-0.4, -0.2) is 81.8 Å². The third kappa shape index (κ3) is 3.70. The lowest BCUT2D eigenvalue weighted by atomic mass is 9.65. The number of fused-ring (bicyclic) bond motifs is 1. The second-order valence-corrected chi connectivity index (χ2v) is 10.2. The molecule has 33 heavy (non-hydrogen) atoms. The van der Waals surface area contributed by atoms with Crippen molar-refractivity contribution in [1.29, 1.82) is 0 Å². The van der Waals surface area contributed by atoms with Gasteiger partial charge < -0.3 is 24.4 Å². The van der Waals surface area contributed by atoms with Crippen molar-refractivity contribution < 1.29 is 29.0 Å². The molecule has 3 fully saturated rings. The molecule has 3 rings (SSSR count). The topological polar surface area (TPSA) is 96.4 Å². The minimum absolute atomic E-state index is 0.0882. The Labute approximate surface area is 197 Å². The van der Waals surface area contributed by atoms with E-state index in [2.05, 4.69) is 6.58 Å². The van der Waals surface area contributed by atoms with Gasteiger partial charge in [0.2, 0.25) is 11.8 Å². The Kier molecular flexibility index (Phi) is 7.30. The zero-order chi connectivity index (χ0) is 24.7. The maximum atomic E-state index is 14.1. The minimum Gasteiger partial charge on any atom is -0.466 e. The molecule has 0 radical (unpaired) electrons. The molecule has 3 saturated heterocycles. The highest BCUT2D eigenvalue weighted by Gasteiger charge is 2.79. The summed E-state index contributed by atoms with van der Waals surface area (Å²) in [6.45, 7) is 15.4. The second-order valence-electron chi connectivity index (χ2n) is 10.2. The van der Waals surface area contributed by atoms with Crippen molar-refractivity contribution in [2.45, 2.75) is 90.1 Å². The van der Waals surface area contributed by atoms with Crippen LogP contribution in [0.1, 0.15) is 60.8 Å². The summed E-state index contributed by atoms with van der Waals surface area (Å²) in [5, 5.41) is 10.2. The van der Waals surface area contributed by atoms with Crippen molar-refractivity contribution >= 4 is 17.8 Å². The first-order valence-electron chi connectivity index (χ1n) is 12.3. The molecule has 1 spiro atoms. The number of amides is 2. The molecule has 2 unspecified atom stereocenters. The lowest BCUT2D eigenvalue weighted by Crippen LogP contribution is -2.60. The first-order valence-corrected chi connectivity index (χ1v) is 12.3. The van der Waals surface area contributed by atoms with E-state index in [0.717, 1.165) is 0 Å². The summed E-state index contributed by atoms with van der Waals surface area (Å²) in [4.78, 5) is 44.5. The van der Waals surface area contributed by atoms with Crippen LogP contribution in [0.2, 0.25) is 0 Å². The van der Waals surface area contributed by atoms with Crippen molar-refractivity contribution in [3.8, 4) is 0 Å². The summed E-state index contributed by atoms with van der Waals surface area (Å²) in [6, 6.07) is -1.59. The van der Waals surface area contributed by atoms with E-state index in [4.69, 9.17) is 9.47 Å². The van der Waals surface area contributed by atoms with E-state index in [9.17, 15) is 19.5 Å². The Morgan fingerprint density at radius 1 is 1.30 bits per heavy atom. The molecule has 2 amide bonds. The van der Waals surface area contributed by atoms with Gasteiger partial charge in [-0.2, -0.15) is 0 Å². The van der Waals surface area contributed by atoms with Crippen LogP contribution in [0.15, 0.2) is 12.7 Å². The predicted octanol–water partition coefficient (Wildman–Crippen LogP) is 2.14. The number of hydrogen-bond donors (Lipinski definition) is 1. The number of aliphatic hydroxyl groups is 1. The number of hydrogen-bond acceptors (Lipinski definition) is 6. The normalized spacial score (nSPS) is 33.5. The van der Waals surface area contributed by atoms with Crippen LogP contribution in [0.4, 0.5) is 0 Å². The zero-order valence-electron chi connectivity index (χ0n) is 20.9. The van der Waals surface area contributed by atoms with Crippen molar-refractivity contribution in [2.75, 3.05) is 19.8 Å². The van der Waals surface area contributed by atoms with Crippen LogP contribution in [-0.2, 0) is 23.9 Å². The van der Waals surface area contributed by atoms with Crippen LogP contribution in [0.5, 0.6) is 0 Å². The molecular weight excluding hydrogens is 424 g/mol. The van der Waals surface area contributed by atoms with Gasteiger partial charge in [0.25, 0.3) is 0 Å². The summed E-state index contributed by atoms with van der Waals surface area (Å²) in [5.74, 6) is -2.61.